The molecule has 0 amide bonds. The highest BCUT2D eigenvalue weighted by atomic mass is 32.2. The maximum absolute atomic E-state index is 10.7. The Morgan fingerprint density at radius 3 is 2.70 bits per heavy atom. The first-order valence-corrected chi connectivity index (χ1v) is 7.50. The predicted molar refractivity (Wildman–Crippen MR) is 83.6 cm³/mol. The van der Waals surface area contributed by atoms with Crippen LogP contribution in [0.3, 0.4) is 0 Å². The van der Waals surface area contributed by atoms with Gasteiger partial charge in [0.05, 0.1) is 10.6 Å². The van der Waals surface area contributed by atoms with Crippen molar-refractivity contribution in [2.75, 3.05) is 0 Å². The highest BCUT2D eigenvalue weighted by Crippen LogP contribution is 2.27. The van der Waals surface area contributed by atoms with Crippen LogP contribution in [0.25, 0.3) is 5.69 Å². The Labute approximate surface area is 135 Å². The first-order valence-electron chi connectivity index (χ1n) is 6.69. The van der Waals surface area contributed by atoms with E-state index in [1.54, 1.807) is 10.7 Å². The van der Waals surface area contributed by atoms with E-state index in [1.165, 1.54) is 24.0 Å². The largest absolute Gasteiger partial charge is 0.287 e. The number of rotatable bonds is 4. The van der Waals surface area contributed by atoms with Gasteiger partial charge in [-0.1, -0.05) is 17.7 Å². The van der Waals surface area contributed by atoms with Gasteiger partial charge in [-0.05, 0) is 53.7 Å². The van der Waals surface area contributed by atoms with Crippen LogP contribution in [0.15, 0.2) is 46.7 Å². The van der Waals surface area contributed by atoms with Gasteiger partial charge in [-0.15, -0.1) is 5.10 Å². The van der Waals surface area contributed by atoms with Crippen molar-refractivity contribution in [3.63, 3.8) is 0 Å². The van der Waals surface area contributed by atoms with Gasteiger partial charge in [-0.25, -0.2) is 4.98 Å². The zero-order valence-electron chi connectivity index (χ0n) is 12.4. The van der Waals surface area contributed by atoms with Crippen molar-refractivity contribution in [1.82, 2.24) is 25.2 Å². The minimum Gasteiger partial charge on any atom is -0.258 e. The molecule has 0 saturated heterocycles. The molecule has 0 bridgehead atoms. The van der Waals surface area contributed by atoms with E-state index in [0.717, 1.165) is 16.8 Å². The summed E-state index contributed by atoms with van der Waals surface area (Å²) in [7, 11) is 0. The zero-order valence-corrected chi connectivity index (χ0v) is 13.2. The lowest BCUT2D eigenvalue weighted by molar-refractivity contribution is -0.385. The van der Waals surface area contributed by atoms with E-state index in [2.05, 4.69) is 26.6 Å². The van der Waals surface area contributed by atoms with Crippen molar-refractivity contribution in [2.24, 2.45) is 0 Å². The van der Waals surface area contributed by atoms with Gasteiger partial charge < -0.3 is 0 Å². The van der Waals surface area contributed by atoms with Crippen LogP contribution in [0, 0.1) is 24.0 Å². The molecule has 23 heavy (non-hydrogen) atoms. The van der Waals surface area contributed by atoms with E-state index in [1.807, 2.05) is 26.0 Å². The molecule has 0 aliphatic rings. The SMILES string of the molecule is Cc1ccc(-n2nnnc2Sc2ccc([N+](=O)[O-])cn2)c(C)c1. The van der Waals surface area contributed by atoms with E-state index in [4.69, 9.17) is 0 Å². The van der Waals surface area contributed by atoms with Crippen LogP contribution in [-0.4, -0.2) is 30.1 Å². The lowest BCUT2D eigenvalue weighted by Crippen LogP contribution is -2.01. The van der Waals surface area contributed by atoms with Crippen LogP contribution < -0.4 is 0 Å². The Morgan fingerprint density at radius 1 is 1.22 bits per heavy atom. The van der Waals surface area contributed by atoms with Gasteiger partial charge >= 0.3 is 0 Å². The van der Waals surface area contributed by atoms with Crippen molar-refractivity contribution in [3.8, 4) is 5.69 Å². The molecule has 2 aromatic heterocycles. The molecule has 0 aliphatic carbocycles. The highest BCUT2D eigenvalue weighted by molar-refractivity contribution is 7.99. The fourth-order valence-corrected chi connectivity index (χ4v) is 2.80. The Balaban J connectivity index is 1.90. The molecule has 1 aromatic carbocycles. The van der Waals surface area contributed by atoms with Gasteiger partial charge in [-0.2, -0.15) is 4.68 Å². The summed E-state index contributed by atoms with van der Waals surface area (Å²) in [5.74, 6) is 0. The number of tetrazole rings is 1. The number of hydrogen-bond donors (Lipinski definition) is 0. The maximum atomic E-state index is 10.7. The van der Waals surface area contributed by atoms with E-state index in [9.17, 15) is 10.1 Å². The fourth-order valence-electron chi connectivity index (χ4n) is 2.07. The van der Waals surface area contributed by atoms with Gasteiger partial charge in [0.15, 0.2) is 0 Å². The van der Waals surface area contributed by atoms with Crippen LogP contribution in [-0.2, 0) is 0 Å². The summed E-state index contributed by atoms with van der Waals surface area (Å²) in [6, 6.07) is 8.97. The molecule has 0 aliphatic heterocycles. The molecule has 0 radical (unpaired) electrons. The second kappa shape index (κ2) is 6.13. The Kier molecular flexibility index (Phi) is 4.02. The second-order valence-electron chi connectivity index (χ2n) is 4.88. The van der Waals surface area contributed by atoms with Gasteiger partial charge in [0.1, 0.15) is 11.2 Å². The van der Waals surface area contributed by atoms with Crippen LogP contribution in [0.5, 0.6) is 0 Å². The highest BCUT2D eigenvalue weighted by Gasteiger charge is 2.14. The first-order chi connectivity index (χ1) is 11.0. The van der Waals surface area contributed by atoms with Crippen molar-refractivity contribution >= 4 is 17.4 Å². The molecule has 2 heterocycles. The average Bonchev–Trinajstić information content (AvgIpc) is 2.96. The van der Waals surface area contributed by atoms with Crippen LogP contribution in [0.4, 0.5) is 5.69 Å². The number of nitrogens with zero attached hydrogens (tertiary/aromatic N) is 6. The van der Waals surface area contributed by atoms with Crippen molar-refractivity contribution < 1.29 is 4.92 Å². The predicted octanol–water partition coefficient (Wildman–Crippen LogP) is 2.73. The molecule has 3 rings (SSSR count). The van der Waals surface area contributed by atoms with Gasteiger partial charge in [0.25, 0.3) is 5.69 Å². The van der Waals surface area contributed by atoms with E-state index in [0.29, 0.717) is 10.2 Å². The summed E-state index contributed by atoms with van der Waals surface area (Å²) in [5.41, 5.74) is 3.04. The Morgan fingerprint density at radius 2 is 2.04 bits per heavy atom. The molecule has 3 aromatic rings. The summed E-state index contributed by atoms with van der Waals surface area (Å²) < 4.78 is 1.63. The fraction of sp³-hybridized carbons (Fsp3) is 0.143. The molecule has 0 saturated carbocycles. The summed E-state index contributed by atoms with van der Waals surface area (Å²) in [4.78, 5) is 14.2. The molecular weight excluding hydrogens is 316 g/mol. The molecule has 0 atom stereocenters. The molecule has 8 nitrogen and oxygen atoms in total. The summed E-state index contributed by atoms with van der Waals surface area (Å²) in [6.07, 6.45) is 1.22. The number of nitro groups is 1. The van der Waals surface area contributed by atoms with Crippen LogP contribution >= 0.6 is 11.8 Å². The Hall–Kier alpha value is -2.81. The third-order valence-corrected chi connectivity index (χ3v) is 4.04. The number of benzene rings is 1. The number of hydrogen-bond acceptors (Lipinski definition) is 7. The topological polar surface area (TPSA) is 99.6 Å². The quantitative estimate of drug-likeness (QED) is 0.536. The van der Waals surface area contributed by atoms with Crippen molar-refractivity contribution in [2.45, 2.75) is 24.0 Å². The lowest BCUT2D eigenvalue weighted by Gasteiger charge is -2.07. The number of pyridine rings is 1. The second-order valence-corrected chi connectivity index (χ2v) is 5.86. The molecule has 9 heteroatoms. The summed E-state index contributed by atoms with van der Waals surface area (Å²) in [5, 5.41) is 23.5. The summed E-state index contributed by atoms with van der Waals surface area (Å²) in [6.45, 7) is 4.01. The Bertz CT molecular complexity index is 862. The minimum absolute atomic E-state index is 0.0525. The van der Waals surface area contributed by atoms with E-state index < -0.39 is 4.92 Å². The average molecular weight is 328 g/mol. The molecule has 116 valence electrons. The molecular formula is C14H12N6O2S. The summed E-state index contributed by atoms with van der Waals surface area (Å²) >= 11 is 1.24. The minimum atomic E-state index is -0.485. The normalized spacial score (nSPS) is 10.7. The smallest absolute Gasteiger partial charge is 0.258 e. The van der Waals surface area contributed by atoms with E-state index >= 15 is 0 Å². The molecule has 0 spiro atoms. The van der Waals surface area contributed by atoms with Gasteiger partial charge in [0.2, 0.25) is 5.16 Å². The van der Waals surface area contributed by atoms with Crippen LogP contribution in [0.1, 0.15) is 11.1 Å². The van der Waals surface area contributed by atoms with Gasteiger partial charge in [-0.3, -0.25) is 10.1 Å². The van der Waals surface area contributed by atoms with Crippen molar-refractivity contribution in [3.05, 3.63) is 57.8 Å². The monoisotopic (exact) mass is 328 g/mol. The standard InChI is InChI=1S/C14H12N6O2S/c1-9-3-5-12(10(2)7-9)19-14(16-17-18-19)23-13-6-4-11(8-15-13)20(21)22/h3-8H,1-2H3. The third kappa shape index (κ3) is 3.19. The molecule has 0 N–H and O–H groups in total. The first kappa shape index (κ1) is 15.1. The molecule has 0 fully saturated rings. The maximum Gasteiger partial charge on any atom is 0.287 e. The van der Waals surface area contributed by atoms with E-state index in [-0.39, 0.29) is 5.69 Å². The zero-order chi connectivity index (χ0) is 16.4. The molecule has 0 unspecified atom stereocenters. The van der Waals surface area contributed by atoms with Crippen molar-refractivity contribution in [1.29, 1.82) is 0 Å². The number of aromatic nitrogens is 5. The number of aryl methyl sites for hydroxylation is 2. The lowest BCUT2D eigenvalue weighted by atomic mass is 10.1. The van der Waals surface area contributed by atoms with Gasteiger partial charge in [0, 0.05) is 6.07 Å². The third-order valence-electron chi connectivity index (χ3n) is 3.15. The van der Waals surface area contributed by atoms with Crippen LogP contribution in [0.2, 0.25) is 0 Å².